The number of hydrogen-bond acceptors (Lipinski definition) is 6. The zero-order valence-electron chi connectivity index (χ0n) is 15.8. The minimum atomic E-state index is -2.55. The molecule has 2 aromatic heterocycles. The molecule has 0 radical (unpaired) electrons. The van der Waals surface area contributed by atoms with E-state index in [0.29, 0.717) is 18.2 Å². The number of aryl methyl sites for hydroxylation is 1. The van der Waals surface area contributed by atoms with E-state index in [-0.39, 0.29) is 30.7 Å². The molecule has 2 aromatic rings. The molecule has 148 valence electrons. The summed E-state index contributed by atoms with van der Waals surface area (Å²) in [7, 11) is 0. The fraction of sp³-hybridized carbons (Fsp3) is 0.550. The second-order valence-electron chi connectivity index (χ2n) is 8.16. The highest BCUT2D eigenvalue weighted by Gasteiger charge is 2.41. The summed E-state index contributed by atoms with van der Waals surface area (Å²) in [5, 5.41) is 7.43. The first-order chi connectivity index (χ1) is 13.4. The van der Waals surface area contributed by atoms with Gasteiger partial charge in [0.1, 0.15) is 11.6 Å². The third-order valence-corrected chi connectivity index (χ3v) is 6.27. The molecule has 6 nitrogen and oxygen atoms in total. The van der Waals surface area contributed by atoms with Crippen molar-refractivity contribution in [3.05, 3.63) is 33.9 Å². The maximum absolute atomic E-state index is 13.6. The zero-order chi connectivity index (χ0) is 19.5. The van der Waals surface area contributed by atoms with E-state index in [9.17, 15) is 8.78 Å². The first-order valence-electron chi connectivity index (χ1n) is 9.85. The van der Waals surface area contributed by atoms with Crippen molar-refractivity contribution >= 4 is 18.6 Å². The lowest BCUT2D eigenvalue weighted by atomic mass is 9.71. The monoisotopic (exact) mass is 387 g/mol. The van der Waals surface area contributed by atoms with Gasteiger partial charge in [-0.25, -0.2) is 18.7 Å². The lowest BCUT2D eigenvalue weighted by molar-refractivity contribution is -0.0384. The Bertz CT molecular complexity index is 1010. The Morgan fingerprint density at radius 3 is 2.57 bits per heavy atom. The van der Waals surface area contributed by atoms with Crippen LogP contribution in [0.4, 0.5) is 14.6 Å². The largest absolute Gasteiger partial charge is 0.361 e. The highest BCUT2D eigenvalue weighted by molar-refractivity contribution is 5.52. The van der Waals surface area contributed by atoms with Gasteiger partial charge in [0, 0.05) is 36.9 Å². The Labute approximate surface area is 161 Å². The zero-order valence-corrected chi connectivity index (χ0v) is 15.8. The Kier molecular flexibility index (Phi) is 3.93. The fourth-order valence-electron chi connectivity index (χ4n) is 4.48. The van der Waals surface area contributed by atoms with Gasteiger partial charge in [0.25, 0.3) is 0 Å². The van der Waals surface area contributed by atoms with Gasteiger partial charge in [-0.1, -0.05) is 11.7 Å². The third kappa shape index (κ3) is 2.86. The Morgan fingerprint density at radius 2 is 1.93 bits per heavy atom. The molecule has 2 fully saturated rings. The molecular weight excluding hydrogens is 364 g/mol. The maximum atomic E-state index is 13.6. The van der Waals surface area contributed by atoms with Crippen molar-refractivity contribution in [2.75, 3.05) is 5.01 Å². The van der Waals surface area contributed by atoms with E-state index in [1.165, 1.54) is 0 Å². The topological polar surface area (TPSA) is 67.1 Å². The van der Waals surface area contributed by atoms with Crippen molar-refractivity contribution in [3.63, 3.8) is 0 Å². The SMILES string of the molecule is C=c1nc([C@@H]2CC[C@H]2c2cc(C)no2)nc2c1=CNN2C1CCC(F)(F)CC1. The summed E-state index contributed by atoms with van der Waals surface area (Å²) in [6, 6.07) is 1.97. The summed E-state index contributed by atoms with van der Waals surface area (Å²) >= 11 is 0. The van der Waals surface area contributed by atoms with E-state index in [2.05, 4.69) is 22.1 Å². The lowest BCUT2D eigenvalue weighted by Crippen LogP contribution is -2.46. The number of aromatic nitrogens is 3. The number of alkyl halides is 2. The maximum Gasteiger partial charge on any atom is 0.248 e. The highest BCUT2D eigenvalue weighted by Crippen LogP contribution is 2.48. The smallest absolute Gasteiger partial charge is 0.248 e. The molecule has 0 saturated heterocycles. The molecule has 2 saturated carbocycles. The fourth-order valence-corrected chi connectivity index (χ4v) is 4.48. The molecule has 0 aromatic carbocycles. The summed E-state index contributed by atoms with van der Waals surface area (Å²) in [6.45, 7) is 6.00. The van der Waals surface area contributed by atoms with Crippen LogP contribution in [-0.2, 0) is 0 Å². The van der Waals surface area contributed by atoms with Crippen molar-refractivity contribution in [3.8, 4) is 0 Å². The minimum absolute atomic E-state index is 0.00612. The summed E-state index contributed by atoms with van der Waals surface area (Å²) in [6.07, 6.45) is 4.51. The molecular formula is C20H23F2N5O. The molecule has 0 amide bonds. The predicted octanol–water partition coefficient (Wildman–Crippen LogP) is 2.49. The van der Waals surface area contributed by atoms with Gasteiger partial charge >= 0.3 is 0 Å². The van der Waals surface area contributed by atoms with Crippen molar-refractivity contribution in [2.45, 2.75) is 69.2 Å². The van der Waals surface area contributed by atoms with E-state index in [4.69, 9.17) is 9.51 Å². The summed E-state index contributed by atoms with van der Waals surface area (Å²) in [5.74, 6) is 0.211. The number of halogens is 2. The van der Waals surface area contributed by atoms with Gasteiger partial charge in [0.2, 0.25) is 5.92 Å². The quantitative estimate of drug-likeness (QED) is 0.873. The molecule has 1 aliphatic heterocycles. The van der Waals surface area contributed by atoms with Crippen LogP contribution >= 0.6 is 0 Å². The number of nitrogens with one attached hydrogen (secondary N) is 1. The van der Waals surface area contributed by atoms with E-state index in [0.717, 1.165) is 41.2 Å². The van der Waals surface area contributed by atoms with Crippen molar-refractivity contribution < 1.29 is 13.3 Å². The van der Waals surface area contributed by atoms with E-state index >= 15 is 0 Å². The van der Waals surface area contributed by atoms with Crippen LogP contribution in [0.5, 0.6) is 0 Å². The van der Waals surface area contributed by atoms with Crippen LogP contribution < -0.4 is 21.0 Å². The second kappa shape index (κ2) is 6.25. The van der Waals surface area contributed by atoms with E-state index in [1.807, 2.05) is 24.2 Å². The van der Waals surface area contributed by atoms with Gasteiger partial charge < -0.3 is 9.95 Å². The van der Waals surface area contributed by atoms with Crippen LogP contribution in [0.3, 0.4) is 0 Å². The molecule has 3 heterocycles. The van der Waals surface area contributed by atoms with Gasteiger partial charge in [0.05, 0.1) is 22.3 Å². The third-order valence-electron chi connectivity index (χ3n) is 6.27. The van der Waals surface area contributed by atoms with E-state index < -0.39 is 5.92 Å². The van der Waals surface area contributed by atoms with Crippen LogP contribution in [0.2, 0.25) is 0 Å². The molecule has 28 heavy (non-hydrogen) atoms. The Balaban J connectivity index is 1.43. The minimum Gasteiger partial charge on any atom is -0.361 e. The van der Waals surface area contributed by atoms with Gasteiger partial charge in [-0.15, -0.1) is 0 Å². The first kappa shape index (κ1) is 17.6. The summed E-state index contributed by atoms with van der Waals surface area (Å²) in [5.41, 5.74) is 4.07. The molecule has 5 rings (SSSR count). The van der Waals surface area contributed by atoms with Crippen LogP contribution in [0.15, 0.2) is 10.6 Å². The molecule has 1 N–H and O–H groups in total. The Hall–Kier alpha value is -2.51. The number of rotatable bonds is 3. The van der Waals surface area contributed by atoms with E-state index in [1.54, 1.807) is 0 Å². The van der Waals surface area contributed by atoms with Crippen LogP contribution in [-0.4, -0.2) is 27.1 Å². The van der Waals surface area contributed by atoms with Crippen LogP contribution in [0.1, 0.15) is 67.6 Å². The van der Waals surface area contributed by atoms with Crippen molar-refractivity contribution in [1.82, 2.24) is 20.6 Å². The number of nitrogens with zero attached hydrogens (tertiary/aromatic N) is 4. The second-order valence-corrected chi connectivity index (χ2v) is 8.16. The van der Waals surface area contributed by atoms with Crippen LogP contribution in [0, 0.1) is 6.92 Å². The van der Waals surface area contributed by atoms with Crippen molar-refractivity contribution in [2.24, 2.45) is 0 Å². The van der Waals surface area contributed by atoms with Gasteiger partial charge in [-0.3, -0.25) is 5.01 Å². The van der Waals surface area contributed by atoms with Gasteiger partial charge in [-0.2, -0.15) is 0 Å². The molecule has 0 spiro atoms. The number of hydrogen-bond donors (Lipinski definition) is 1. The standard InChI is InChI=1S/C20H23F2N5O/c1-11-9-17(28-26-11)14-3-4-15(14)18-24-12(2)16-10-23-27(19(16)25-18)13-5-7-20(21,22)8-6-13/h9-10,13-15,23H,2-8H2,1H3/t14-,15-/m1/s1. The van der Waals surface area contributed by atoms with Gasteiger partial charge in [-0.05, 0) is 32.6 Å². The normalized spacial score (nSPS) is 26.3. The lowest BCUT2D eigenvalue weighted by Gasteiger charge is -2.36. The predicted molar refractivity (Wildman–Crippen MR) is 100 cm³/mol. The summed E-state index contributed by atoms with van der Waals surface area (Å²) in [4.78, 5) is 9.49. The average Bonchev–Trinajstić information content (AvgIpc) is 3.21. The van der Waals surface area contributed by atoms with Gasteiger partial charge in [0.15, 0.2) is 5.82 Å². The Morgan fingerprint density at radius 1 is 1.18 bits per heavy atom. The number of anilines is 1. The highest BCUT2D eigenvalue weighted by atomic mass is 19.3. The number of fused-ring (bicyclic) bond motifs is 1. The molecule has 2 aliphatic carbocycles. The van der Waals surface area contributed by atoms with Crippen molar-refractivity contribution in [1.29, 1.82) is 0 Å². The molecule has 2 atom stereocenters. The number of hydrazine groups is 1. The molecule has 3 aliphatic rings. The van der Waals surface area contributed by atoms with Crippen LogP contribution in [0.25, 0.3) is 12.8 Å². The average molecular weight is 387 g/mol. The molecule has 8 heteroatoms. The first-order valence-corrected chi connectivity index (χ1v) is 9.85. The molecule has 0 unspecified atom stereocenters. The molecule has 0 bridgehead atoms. The summed E-state index contributed by atoms with van der Waals surface area (Å²) < 4.78 is 32.6.